The number of hydrogen-bond acceptors (Lipinski definition) is 3. The van der Waals surface area contributed by atoms with Crippen LogP contribution in [0.2, 0.25) is 10.0 Å². The highest BCUT2D eigenvalue weighted by Crippen LogP contribution is 2.25. The minimum Gasteiger partial charge on any atom is -0.484 e. The normalized spacial score (nSPS) is 21.2. The lowest BCUT2D eigenvalue weighted by molar-refractivity contribution is -0.142. The molecule has 1 saturated carbocycles. The molecule has 1 aliphatic rings. The fourth-order valence-corrected chi connectivity index (χ4v) is 3.02. The summed E-state index contributed by atoms with van der Waals surface area (Å²) in [6.45, 7) is -0.129. The zero-order valence-electron chi connectivity index (χ0n) is 11.9. The first kappa shape index (κ1) is 16.9. The highest BCUT2D eigenvalue weighted by molar-refractivity contribution is 6.34. The molecule has 1 aromatic rings. The van der Waals surface area contributed by atoms with Gasteiger partial charge in [-0.25, -0.2) is 0 Å². The third kappa shape index (κ3) is 5.07. The van der Waals surface area contributed by atoms with Gasteiger partial charge in [-0.05, 0) is 43.9 Å². The highest BCUT2D eigenvalue weighted by Gasteiger charge is 2.26. The van der Waals surface area contributed by atoms with Crippen LogP contribution in [0, 0.1) is 5.92 Å². The fraction of sp³-hybridized carbons (Fsp3) is 0.467. The molecule has 0 unspecified atom stereocenters. The number of carbonyl (C=O) groups excluding carboxylic acids is 1. The van der Waals surface area contributed by atoms with Gasteiger partial charge in [0, 0.05) is 16.1 Å². The molecule has 0 spiro atoms. The van der Waals surface area contributed by atoms with Gasteiger partial charge in [0.1, 0.15) is 5.75 Å². The lowest BCUT2D eigenvalue weighted by Gasteiger charge is -2.26. The summed E-state index contributed by atoms with van der Waals surface area (Å²) in [5.74, 6) is -0.860. The van der Waals surface area contributed by atoms with E-state index in [9.17, 15) is 9.59 Å². The summed E-state index contributed by atoms with van der Waals surface area (Å²) in [6, 6.07) is 4.75. The van der Waals surface area contributed by atoms with E-state index < -0.39 is 5.97 Å². The predicted molar refractivity (Wildman–Crippen MR) is 83.5 cm³/mol. The summed E-state index contributed by atoms with van der Waals surface area (Å²) in [5.41, 5.74) is 0. The van der Waals surface area contributed by atoms with Crippen molar-refractivity contribution in [2.75, 3.05) is 6.61 Å². The maximum atomic E-state index is 11.9. The van der Waals surface area contributed by atoms with Crippen molar-refractivity contribution in [2.24, 2.45) is 5.92 Å². The zero-order chi connectivity index (χ0) is 16.1. The standard InChI is InChI=1S/C15H17Cl2NO4/c16-10-5-11(17)7-13(6-10)22-8-14(19)18-12-3-1-9(2-4-12)15(20)21/h5-7,9,12H,1-4,8H2,(H,18,19)(H,20,21). The molecule has 0 heterocycles. The summed E-state index contributed by atoms with van der Waals surface area (Å²) >= 11 is 11.7. The number of hydrogen-bond donors (Lipinski definition) is 2. The maximum Gasteiger partial charge on any atom is 0.306 e. The second-order valence-corrected chi connectivity index (χ2v) is 6.22. The van der Waals surface area contributed by atoms with Gasteiger partial charge in [0.2, 0.25) is 0 Å². The molecule has 0 bridgehead atoms. The van der Waals surface area contributed by atoms with E-state index in [2.05, 4.69) is 5.32 Å². The Balaban J connectivity index is 1.75. The van der Waals surface area contributed by atoms with Gasteiger partial charge in [0.05, 0.1) is 5.92 Å². The molecule has 1 aliphatic carbocycles. The number of carboxylic acids is 1. The number of benzene rings is 1. The van der Waals surface area contributed by atoms with Crippen LogP contribution < -0.4 is 10.1 Å². The van der Waals surface area contributed by atoms with Crippen molar-refractivity contribution in [1.82, 2.24) is 5.32 Å². The van der Waals surface area contributed by atoms with E-state index in [4.69, 9.17) is 33.0 Å². The quantitative estimate of drug-likeness (QED) is 0.859. The first-order valence-corrected chi connectivity index (χ1v) is 7.80. The number of ether oxygens (including phenoxy) is 1. The largest absolute Gasteiger partial charge is 0.484 e. The minimum atomic E-state index is -0.758. The average Bonchev–Trinajstić information content (AvgIpc) is 2.45. The number of aliphatic carboxylic acids is 1. The van der Waals surface area contributed by atoms with Crippen LogP contribution in [-0.2, 0) is 9.59 Å². The van der Waals surface area contributed by atoms with Gasteiger partial charge in [-0.1, -0.05) is 23.2 Å². The fourth-order valence-electron chi connectivity index (χ4n) is 2.51. The molecular weight excluding hydrogens is 329 g/mol. The van der Waals surface area contributed by atoms with Crippen LogP contribution in [0.5, 0.6) is 5.75 Å². The third-order valence-corrected chi connectivity index (χ3v) is 4.08. The molecule has 0 saturated heterocycles. The van der Waals surface area contributed by atoms with E-state index in [1.807, 2.05) is 0 Å². The number of nitrogens with one attached hydrogen (secondary N) is 1. The monoisotopic (exact) mass is 345 g/mol. The van der Waals surface area contributed by atoms with E-state index in [0.29, 0.717) is 41.5 Å². The van der Waals surface area contributed by atoms with Crippen LogP contribution in [0.25, 0.3) is 0 Å². The van der Waals surface area contributed by atoms with Crippen LogP contribution in [0.3, 0.4) is 0 Å². The van der Waals surface area contributed by atoms with Crippen molar-refractivity contribution in [3.8, 4) is 5.75 Å². The first-order valence-electron chi connectivity index (χ1n) is 7.05. The Kier molecular flexibility index (Phi) is 5.91. The lowest BCUT2D eigenvalue weighted by atomic mass is 9.86. The molecule has 1 aromatic carbocycles. The van der Waals surface area contributed by atoms with E-state index in [0.717, 1.165) is 0 Å². The molecule has 0 aliphatic heterocycles. The van der Waals surface area contributed by atoms with Crippen molar-refractivity contribution in [1.29, 1.82) is 0 Å². The number of carboxylic acid groups (broad SMARTS) is 1. The molecular formula is C15H17Cl2NO4. The molecule has 5 nitrogen and oxygen atoms in total. The summed E-state index contributed by atoms with van der Waals surface area (Å²) in [5, 5.41) is 12.7. The van der Waals surface area contributed by atoms with Gasteiger partial charge in [-0.15, -0.1) is 0 Å². The van der Waals surface area contributed by atoms with E-state index in [-0.39, 0.29) is 24.5 Å². The van der Waals surface area contributed by atoms with Crippen molar-refractivity contribution in [3.63, 3.8) is 0 Å². The number of rotatable bonds is 5. The Labute approximate surface area is 138 Å². The van der Waals surface area contributed by atoms with Crippen molar-refractivity contribution in [3.05, 3.63) is 28.2 Å². The Morgan fingerprint density at radius 3 is 2.27 bits per heavy atom. The number of amides is 1. The Hall–Kier alpha value is -1.46. The Morgan fingerprint density at radius 2 is 1.73 bits per heavy atom. The molecule has 120 valence electrons. The van der Waals surface area contributed by atoms with Gasteiger partial charge in [-0.3, -0.25) is 9.59 Å². The van der Waals surface area contributed by atoms with Gasteiger partial charge in [0.15, 0.2) is 6.61 Å². The minimum absolute atomic E-state index is 0.00893. The van der Waals surface area contributed by atoms with Gasteiger partial charge >= 0.3 is 5.97 Å². The van der Waals surface area contributed by atoms with E-state index in [1.165, 1.54) is 0 Å². The van der Waals surface area contributed by atoms with Gasteiger partial charge in [0.25, 0.3) is 5.91 Å². The molecule has 1 amide bonds. The van der Waals surface area contributed by atoms with E-state index in [1.54, 1.807) is 18.2 Å². The molecule has 22 heavy (non-hydrogen) atoms. The Morgan fingerprint density at radius 1 is 1.14 bits per heavy atom. The summed E-state index contributed by atoms with van der Waals surface area (Å²) < 4.78 is 5.36. The molecule has 7 heteroatoms. The van der Waals surface area contributed by atoms with Gasteiger partial charge < -0.3 is 15.2 Å². The summed E-state index contributed by atoms with van der Waals surface area (Å²) in [4.78, 5) is 22.7. The molecule has 1 fully saturated rings. The SMILES string of the molecule is O=C(COc1cc(Cl)cc(Cl)c1)NC1CCC(C(=O)O)CC1. The average molecular weight is 346 g/mol. The molecule has 2 N–H and O–H groups in total. The lowest BCUT2D eigenvalue weighted by Crippen LogP contribution is -2.40. The molecule has 2 rings (SSSR count). The molecule has 0 aromatic heterocycles. The van der Waals surface area contributed by atoms with Gasteiger partial charge in [-0.2, -0.15) is 0 Å². The van der Waals surface area contributed by atoms with Crippen LogP contribution in [0.1, 0.15) is 25.7 Å². The summed E-state index contributed by atoms with van der Waals surface area (Å²) in [7, 11) is 0. The van der Waals surface area contributed by atoms with Crippen LogP contribution in [0.15, 0.2) is 18.2 Å². The Bertz CT molecular complexity index is 536. The second-order valence-electron chi connectivity index (χ2n) is 5.35. The molecule has 0 atom stereocenters. The van der Waals surface area contributed by atoms with Crippen molar-refractivity contribution >= 4 is 35.1 Å². The van der Waals surface area contributed by atoms with Crippen molar-refractivity contribution in [2.45, 2.75) is 31.7 Å². The number of carbonyl (C=O) groups is 2. The van der Waals surface area contributed by atoms with Crippen LogP contribution >= 0.6 is 23.2 Å². The number of halogens is 2. The van der Waals surface area contributed by atoms with E-state index >= 15 is 0 Å². The first-order chi connectivity index (χ1) is 10.4. The topological polar surface area (TPSA) is 75.6 Å². The predicted octanol–water partition coefficient (Wildman–Crippen LogP) is 3.13. The third-order valence-electron chi connectivity index (χ3n) is 3.65. The van der Waals surface area contributed by atoms with Crippen molar-refractivity contribution < 1.29 is 19.4 Å². The smallest absolute Gasteiger partial charge is 0.306 e. The highest BCUT2D eigenvalue weighted by atomic mass is 35.5. The summed E-state index contributed by atoms with van der Waals surface area (Å²) in [6.07, 6.45) is 2.52. The second kappa shape index (κ2) is 7.70. The molecule has 0 radical (unpaired) electrons. The van der Waals surface area contributed by atoms with Crippen LogP contribution in [0.4, 0.5) is 0 Å². The zero-order valence-corrected chi connectivity index (χ0v) is 13.4. The van der Waals surface area contributed by atoms with Crippen LogP contribution in [-0.4, -0.2) is 29.6 Å². The maximum absolute atomic E-state index is 11.9.